The van der Waals surface area contributed by atoms with Crippen molar-refractivity contribution in [1.29, 1.82) is 0 Å². The van der Waals surface area contributed by atoms with E-state index in [1.807, 2.05) is 17.7 Å². The van der Waals surface area contributed by atoms with Crippen molar-refractivity contribution >= 4 is 35.0 Å². The summed E-state index contributed by atoms with van der Waals surface area (Å²) in [6, 6.07) is 3.57. The topological polar surface area (TPSA) is 69.6 Å². The van der Waals surface area contributed by atoms with Crippen LogP contribution in [-0.2, 0) is 19.3 Å². The van der Waals surface area contributed by atoms with Crippen molar-refractivity contribution in [1.82, 2.24) is 19.7 Å². The summed E-state index contributed by atoms with van der Waals surface area (Å²) in [4.78, 5) is 3.98. The van der Waals surface area contributed by atoms with Crippen molar-refractivity contribution in [2.45, 2.75) is 17.5 Å². The van der Waals surface area contributed by atoms with Gasteiger partial charge < -0.3 is 10.3 Å². The van der Waals surface area contributed by atoms with Crippen molar-refractivity contribution < 1.29 is 0 Å². The molecule has 0 unspecified atom stereocenters. The number of halogens is 2. The molecule has 18 heavy (non-hydrogen) atoms. The van der Waals surface area contributed by atoms with E-state index in [0.29, 0.717) is 22.6 Å². The van der Waals surface area contributed by atoms with Crippen LogP contribution < -0.4 is 5.73 Å². The molecule has 2 N–H and O–H groups in total. The molecule has 0 saturated carbocycles. The Morgan fingerprint density at radius 3 is 2.72 bits per heavy atom. The van der Waals surface area contributed by atoms with Gasteiger partial charge in [-0.3, -0.25) is 0 Å². The molecule has 2 heterocycles. The largest absolute Gasteiger partial charge is 0.324 e. The summed E-state index contributed by atoms with van der Waals surface area (Å²) in [5.41, 5.74) is 6.44. The zero-order chi connectivity index (χ0) is 13.1. The molecule has 0 aliphatic carbocycles. The first-order valence-corrected chi connectivity index (χ1v) is 6.88. The van der Waals surface area contributed by atoms with Crippen LogP contribution in [-0.4, -0.2) is 19.7 Å². The number of pyridine rings is 1. The molecule has 0 bridgehead atoms. The second kappa shape index (κ2) is 5.88. The lowest BCUT2D eigenvalue weighted by Gasteiger charge is -2.04. The van der Waals surface area contributed by atoms with Gasteiger partial charge in [0, 0.05) is 12.8 Å². The van der Waals surface area contributed by atoms with Gasteiger partial charge in [-0.15, -0.1) is 10.2 Å². The minimum absolute atomic E-state index is 0.368. The molecule has 2 rings (SSSR count). The van der Waals surface area contributed by atoms with E-state index < -0.39 is 0 Å². The highest BCUT2D eigenvalue weighted by Gasteiger charge is 2.09. The highest BCUT2D eigenvalue weighted by atomic mass is 35.5. The van der Waals surface area contributed by atoms with Crippen molar-refractivity contribution in [2.24, 2.45) is 12.8 Å². The highest BCUT2D eigenvalue weighted by molar-refractivity contribution is 7.98. The molecule has 5 nitrogen and oxygen atoms in total. The number of hydrogen-bond acceptors (Lipinski definition) is 5. The Balaban J connectivity index is 2.09. The van der Waals surface area contributed by atoms with Crippen LogP contribution in [0.25, 0.3) is 0 Å². The molecule has 0 aliphatic rings. The molecule has 0 aliphatic heterocycles. The summed E-state index contributed by atoms with van der Waals surface area (Å²) < 4.78 is 1.86. The Kier molecular flexibility index (Phi) is 4.45. The molecule has 2 aromatic heterocycles. The van der Waals surface area contributed by atoms with Crippen molar-refractivity contribution in [3.05, 3.63) is 33.8 Å². The predicted octanol–water partition coefficient (Wildman–Crippen LogP) is 2.27. The summed E-state index contributed by atoms with van der Waals surface area (Å²) >= 11 is 13.3. The number of rotatable bonds is 4. The van der Waals surface area contributed by atoms with Crippen LogP contribution in [0.5, 0.6) is 0 Å². The van der Waals surface area contributed by atoms with E-state index in [0.717, 1.165) is 16.5 Å². The number of nitrogens with zero attached hydrogens (tertiary/aromatic N) is 4. The summed E-state index contributed by atoms with van der Waals surface area (Å²) in [5.74, 6) is 1.40. The van der Waals surface area contributed by atoms with Crippen LogP contribution in [0, 0.1) is 0 Å². The average Bonchev–Trinajstić information content (AvgIpc) is 2.69. The van der Waals surface area contributed by atoms with Gasteiger partial charge in [-0.05, 0) is 11.6 Å². The van der Waals surface area contributed by atoms with Crippen LogP contribution in [0.3, 0.4) is 0 Å². The monoisotopic (exact) mass is 303 g/mol. The van der Waals surface area contributed by atoms with Crippen LogP contribution in [0.1, 0.15) is 11.4 Å². The smallest absolute Gasteiger partial charge is 0.191 e. The van der Waals surface area contributed by atoms with Gasteiger partial charge in [-0.25, -0.2) is 4.98 Å². The van der Waals surface area contributed by atoms with E-state index >= 15 is 0 Å². The summed E-state index contributed by atoms with van der Waals surface area (Å²) in [6.45, 7) is 0.368. The first-order valence-electron chi connectivity index (χ1n) is 5.14. The lowest BCUT2D eigenvalue weighted by atomic mass is 10.3. The van der Waals surface area contributed by atoms with Crippen molar-refractivity contribution in [3.63, 3.8) is 0 Å². The molecule has 0 spiro atoms. The fourth-order valence-electron chi connectivity index (χ4n) is 1.34. The number of nitrogens with two attached hydrogens (primary N) is 1. The van der Waals surface area contributed by atoms with Gasteiger partial charge in [0.2, 0.25) is 0 Å². The van der Waals surface area contributed by atoms with Crippen molar-refractivity contribution in [2.75, 3.05) is 0 Å². The molecular weight excluding hydrogens is 293 g/mol. The van der Waals surface area contributed by atoms with Crippen LogP contribution in [0.15, 0.2) is 17.3 Å². The average molecular weight is 304 g/mol. The normalized spacial score (nSPS) is 10.9. The standard InChI is InChI=1S/C10H11Cl2N5S/c1-17-8(4-13)15-16-10(17)18-5-6-2-3-7(11)14-9(6)12/h2-3H,4-5,13H2,1H3. The van der Waals surface area contributed by atoms with E-state index in [9.17, 15) is 0 Å². The fourth-order valence-corrected chi connectivity index (χ4v) is 2.75. The minimum atomic E-state index is 0.368. The first kappa shape index (κ1) is 13.6. The van der Waals surface area contributed by atoms with Crippen LogP contribution >= 0.6 is 35.0 Å². The highest BCUT2D eigenvalue weighted by Crippen LogP contribution is 2.25. The third kappa shape index (κ3) is 2.95. The summed E-state index contributed by atoms with van der Waals surface area (Å²) in [6.07, 6.45) is 0. The van der Waals surface area contributed by atoms with Gasteiger partial charge >= 0.3 is 0 Å². The predicted molar refractivity (Wildman–Crippen MR) is 72.7 cm³/mol. The quantitative estimate of drug-likeness (QED) is 0.693. The van der Waals surface area contributed by atoms with E-state index in [4.69, 9.17) is 28.9 Å². The van der Waals surface area contributed by atoms with E-state index in [2.05, 4.69) is 15.2 Å². The van der Waals surface area contributed by atoms with Crippen LogP contribution in [0.4, 0.5) is 0 Å². The Morgan fingerprint density at radius 2 is 2.11 bits per heavy atom. The zero-order valence-corrected chi connectivity index (χ0v) is 11.9. The molecule has 8 heteroatoms. The summed E-state index contributed by atoms with van der Waals surface area (Å²) in [5, 5.41) is 9.63. The van der Waals surface area contributed by atoms with E-state index in [1.165, 1.54) is 11.8 Å². The minimum Gasteiger partial charge on any atom is -0.324 e. The molecule has 96 valence electrons. The molecule has 0 aromatic carbocycles. The maximum absolute atomic E-state index is 6.00. The second-order valence-electron chi connectivity index (χ2n) is 3.53. The van der Waals surface area contributed by atoms with Gasteiger partial charge in [0.05, 0.1) is 6.54 Å². The molecule has 0 amide bonds. The molecular formula is C10H11Cl2N5S. The fraction of sp³-hybridized carbons (Fsp3) is 0.300. The maximum atomic E-state index is 6.00. The Bertz CT molecular complexity index is 557. The number of thioether (sulfide) groups is 1. The van der Waals surface area contributed by atoms with Gasteiger partial charge in [-0.1, -0.05) is 41.0 Å². The van der Waals surface area contributed by atoms with Gasteiger partial charge in [0.15, 0.2) is 5.16 Å². The maximum Gasteiger partial charge on any atom is 0.191 e. The Hall–Kier alpha value is -0.820. The second-order valence-corrected chi connectivity index (χ2v) is 5.22. The summed E-state index contributed by atoms with van der Waals surface area (Å²) in [7, 11) is 1.88. The zero-order valence-electron chi connectivity index (χ0n) is 9.60. The Morgan fingerprint density at radius 1 is 1.33 bits per heavy atom. The number of aromatic nitrogens is 4. The van der Waals surface area contributed by atoms with Gasteiger partial charge in [0.1, 0.15) is 16.1 Å². The lowest BCUT2D eigenvalue weighted by molar-refractivity contribution is 0.734. The molecule has 0 saturated heterocycles. The Labute approximate surface area is 119 Å². The lowest BCUT2D eigenvalue weighted by Crippen LogP contribution is -2.05. The third-order valence-electron chi connectivity index (χ3n) is 2.36. The number of hydrogen-bond donors (Lipinski definition) is 1. The van der Waals surface area contributed by atoms with Gasteiger partial charge in [-0.2, -0.15) is 0 Å². The molecule has 0 atom stereocenters. The van der Waals surface area contributed by atoms with Crippen LogP contribution in [0.2, 0.25) is 10.3 Å². The van der Waals surface area contributed by atoms with E-state index in [-0.39, 0.29) is 0 Å². The molecule has 0 fully saturated rings. The SMILES string of the molecule is Cn1c(CN)nnc1SCc1ccc(Cl)nc1Cl. The van der Waals surface area contributed by atoms with Gasteiger partial charge in [0.25, 0.3) is 0 Å². The molecule has 0 radical (unpaired) electrons. The van der Waals surface area contributed by atoms with Crippen molar-refractivity contribution in [3.8, 4) is 0 Å². The third-order valence-corrected chi connectivity index (χ3v) is 3.96. The first-order chi connectivity index (χ1) is 8.61. The molecule has 2 aromatic rings. The van der Waals surface area contributed by atoms with E-state index in [1.54, 1.807) is 6.07 Å².